The second-order valence-electron chi connectivity index (χ2n) is 6.47. The lowest BCUT2D eigenvalue weighted by Gasteiger charge is -2.28. The van der Waals surface area contributed by atoms with Crippen LogP contribution in [0.4, 0.5) is 0 Å². The number of allylic oxidation sites excluding steroid dienone is 1. The van der Waals surface area contributed by atoms with E-state index in [1.54, 1.807) is 12.3 Å². The molecule has 0 bridgehead atoms. The van der Waals surface area contributed by atoms with Gasteiger partial charge in [-0.05, 0) is 18.2 Å². The molecule has 0 radical (unpaired) electrons. The van der Waals surface area contributed by atoms with Gasteiger partial charge in [-0.15, -0.1) is 0 Å². The number of aryl methyl sites for hydroxylation is 1. The Morgan fingerprint density at radius 1 is 1.16 bits per heavy atom. The maximum Gasteiger partial charge on any atom is 0.153 e. The molecule has 0 saturated carbocycles. The van der Waals surface area contributed by atoms with Crippen LogP contribution in [0.25, 0.3) is 22.2 Å². The summed E-state index contributed by atoms with van der Waals surface area (Å²) in [6.07, 6.45) is 7.75. The lowest BCUT2D eigenvalue weighted by Crippen LogP contribution is -2.40. The zero-order chi connectivity index (χ0) is 17.6. The average molecular weight is 332 g/mol. The molecule has 4 rings (SSSR count). The van der Waals surface area contributed by atoms with E-state index in [-0.39, 0.29) is 0 Å². The Balaban J connectivity index is 1.82. The fourth-order valence-electron chi connectivity index (χ4n) is 3.25. The minimum absolute atomic E-state index is 0.397. The third kappa shape index (κ3) is 2.47. The zero-order valence-electron chi connectivity index (χ0n) is 14.0. The molecule has 25 heavy (non-hydrogen) atoms. The lowest BCUT2D eigenvalue weighted by atomic mass is 9.88. The number of aromatic nitrogens is 3. The Bertz CT molecular complexity index is 1030. The summed E-state index contributed by atoms with van der Waals surface area (Å²) >= 11 is 0. The highest BCUT2D eigenvalue weighted by Crippen LogP contribution is 2.32. The topological polar surface area (TPSA) is 109 Å². The van der Waals surface area contributed by atoms with E-state index in [0.717, 1.165) is 22.2 Å². The third-order valence-electron chi connectivity index (χ3n) is 4.66. The summed E-state index contributed by atoms with van der Waals surface area (Å²) in [5.74, 6) is 0.532. The van der Waals surface area contributed by atoms with Crippen molar-refractivity contribution in [2.24, 2.45) is 24.2 Å². The highest BCUT2D eigenvalue weighted by Gasteiger charge is 2.31. The summed E-state index contributed by atoms with van der Waals surface area (Å²) in [4.78, 5) is 9.14. The molecule has 0 amide bonds. The first-order valence-electron chi connectivity index (χ1n) is 8.08. The molecule has 1 aromatic carbocycles. The summed E-state index contributed by atoms with van der Waals surface area (Å²) in [7, 11) is 2.02. The first-order valence-corrected chi connectivity index (χ1v) is 8.08. The van der Waals surface area contributed by atoms with Gasteiger partial charge < -0.3 is 21.8 Å². The first-order chi connectivity index (χ1) is 12.0. The summed E-state index contributed by atoms with van der Waals surface area (Å²) in [6, 6.07) is 10.1. The molecular formula is C19H20N6. The molecule has 6 heteroatoms. The molecule has 3 aromatic rings. The van der Waals surface area contributed by atoms with Crippen molar-refractivity contribution in [3.63, 3.8) is 0 Å². The molecule has 1 aliphatic rings. The number of nitrogens with two attached hydrogens (primary N) is 3. The lowest BCUT2D eigenvalue weighted by molar-refractivity contribution is 0.506. The number of benzene rings is 1. The van der Waals surface area contributed by atoms with Crippen LogP contribution in [0.5, 0.6) is 0 Å². The predicted octanol–water partition coefficient (Wildman–Crippen LogP) is 1.88. The SMILES string of the molecule is Cn1cc(-c2ccnc(C3(N)C=CC(N)=C(N)C3)n2)c2ccccc21. The van der Waals surface area contributed by atoms with Gasteiger partial charge in [0.2, 0.25) is 0 Å². The van der Waals surface area contributed by atoms with E-state index in [2.05, 4.69) is 27.9 Å². The number of nitrogens with zero attached hydrogens (tertiary/aromatic N) is 3. The van der Waals surface area contributed by atoms with Crippen molar-refractivity contribution >= 4 is 10.9 Å². The van der Waals surface area contributed by atoms with Gasteiger partial charge in [0, 0.05) is 48.0 Å². The van der Waals surface area contributed by atoms with Crippen LogP contribution < -0.4 is 17.2 Å². The number of hydrogen-bond acceptors (Lipinski definition) is 5. The zero-order valence-corrected chi connectivity index (χ0v) is 14.0. The van der Waals surface area contributed by atoms with Crippen LogP contribution in [0.1, 0.15) is 12.2 Å². The molecule has 0 saturated heterocycles. The smallest absolute Gasteiger partial charge is 0.153 e. The molecule has 2 aromatic heterocycles. The number of hydrogen-bond donors (Lipinski definition) is 3. The van der Waals surface area contributed by atoms with E-state index >= 15 is 0 Å². The van der Waals surface area contributed by atoms with E-state index < -0.39 is 5.54 Å². The Labute approximate surface area is 145 Å². The molecule has 6 nitrogen and oxygen atoms in total. The van der Waals surface area contributed by atoms with Crippen LogP contribution in [-0.2, 0) is 12.6 Å². The molecular weight excluding hydrogens is 312 g/mol. The Morgan fingerprint density at radius 3 is 2.76 bits per heavy atom. The third-order valence-corrected chi connectivity index (χ3v) is 4.66. The monoisotopic (exact) mass is 332 g/mol. The second-order valence-corrected chi connectivity index (χ2v) is 6.47. The molecule has 1 unspecified atom stereocenters. The summed E-state index contributed by atoms with van der Waals surface area (Å²) in [6.45, 7) is 0. The van der Waals surface area contributed by atoms with E-state index in [1.807, 2.05) is 31.3 Å². The number of para-hydroxylation sites is 1. The molecule has 1 aliphatic carbocycles. The van der Waals surface area contributed by atoms with E-state index in [4.69, 9.17) is 22.2 Å². The molecule has 0 fully saturated rings. The van der Waals surface area contributed by atoms with Crippen molar-refractivity contribution in [3.8, 4) is 11.3 Å². The van der Waals surface area contributed by atoms with E-state index in [1.165, 1.54) is 0 Å². The van der Waals surface area contributed by atoms with Gasteiger partial charge in [0.05, 0.1) is 11.4 Å². The van der Waals surface area contributed by atoms with Crippen LogP contribution in [-0.4, -0.2) is 14.5 Å². The minimum atomic E-state index is -0.854. The minimum Gasteiger partial charge on any atom is -0.400 e. The van der Waals surface area contributed by atoms with E-state index in [9.17, 15) is 0 Å². The number of fused-ring (bicyclic) bond motifs is 1. The van der Waals surface area contributed by atoms with Gasteiger partial charge >= 0.3 is 0 Å². The van der Waals surface area contributed by atoms with Gasteiger partial charge in [0.15, 0.2) is 5.82 Å². The van der Waals surface area contributed by atoms with Gasteiger partial charge in [-0.1, -0.05) is 24.3 Å². The van der Waals surface area contributed by atoms with Crippen molar-refractivity contribution < 1.29 is 0 Å². The van der Waals surface area contributed by atoms with Crippen molar-refractivity contribution in [2.75, 3.05) is 0 Å². The summed E-state index contributed by atoms with van der Waals surface area (Å²) in [5.41, 5.74) is 21.6. The second kappa shape index (κ2) is 5.46. The van der Waals surface area contributed by atoms with E-state index in [0.29, 0.717) is 23.6 Å². The molecule has 2 heterocycles. The van der Waals surface area contributed by atoms with Crippen LogP contribution >= 0.6 is 0 Å². The van der Waals surface area contributed by atoms with Crippen LogP contribution in [0.3, 0.4) is 0 Å². The maximum atomic E-state index is 6.51. The fraction of sp³-hybridized carbons (Fsp3) is 0.158. The van der Waals surface area contributed by atoms with Crippen molar-refractivity contribution in [3.05, 3.63) is 72.1 Å². The number of rotatable bonds is 2. The Kier molecular flexibility index (Phi) is 3.36. The van der Waals surface area contributed by atoms with Crippen LogP contribution in [0, 0.1) is 0 Å². The summed E-state index contributed by atoms with van der Waals surface area (Å²) in [5, 5.41) is 1.14. The van der Waals surface area contributed by atoms with Crippen molar-refractivity contribution in [2.45, 2.75) is 12.0 Å². The van der Waals surface area contributed by atoms with Gasteiger partial charge in [-0.2, -0.15) is 0 Å². The van der Waals surface area contributed by atoms with Gasteiger partial charge in [0.25, 0.3) is 0 Å². The van der Waals surface area contributed by atoms with Gasteiger partial charge in [-0.3, -0.25) is 0 Å². The average Bonchev–Trinajstić information content (AvgIpc) is 2.96. The fourth-order valence-corrected chi connectivity index (χ4v) is 3.25. The predicted molar refractivity (Wildman–Crippen MR) is 99.0 cm³/mol. The quantitative estimate of drug-likeness (QED) is 0.664. The molecule has 6 N–H and O–H groups in total. The molecule has 126 valence electrons. The van der Waals surface area contributed by atoms with Crippen molar-refractivity contribution in [1.82, 2.24) is 14.5 Å². The standard InChI is InChI=1S/C19H20N6/c1-25-11-13(12-4-2-3-5-17(12)25)16-7-9-23-18(24-16)19(22)8-6-14(20)15(21)10-19/h2-9,11H,10,20-22H2,1H3. The first kappa shape index (κ1) is 15.4. The largest absolute Gasteiger partial charge is 0.400 e. The normalized spacial score (nSPS) is 20.4. The van der Waals surface area contributed by atoms with Crippen LogP contribution in [0.15, 0.2) is 66.3 Å². The van der Waals surface area contributed by atoms with Crippen molar-refractivity contribution in [1.29, 1.82) is 0 Å². The Morgan fingerprint density at radius 2 is 1.96 bits per heavy atom. The summed E-state index contributed by atoms with van der Waals surface area (Å²) < 4.78 is 2.09. The highest BCUT2D eigenvalue weighted by atomic mass is 15.0. The Hall–Kier alpha value is -3.12. The molecule has 1 atom stereocenters. The van der Waals surface area contributed by atoms with Crippen LogP contribution in [0.2, 0.25) is 0 Å². The highest BCUT2D eigenvalue weighted by molar-refractivity contribution is 5.95. The van der Waals surface area contributed by atoms with Gasteiger partial charge in [-0.25, -0.2) is 9.97 Å². The maximum absolute atomic E-state index is 6.51. The van der Waals surface area contributed by atoms with Gasteiger partial charge in [0.1, 0.15) is 5.54 Å². The molecule has 0 aliphatic heterocycles. The molecule has 0 spiro atoms.